The van der Waals surface area contributed by atoms with Crippen LogP contribution in [0, 0.1) is 0 Å². The maximum absolute atomic E-state index is 12.0. The highest BCUT2D eigenvalue weighted by molar-refractivity contribution is 7.99. The molecule has 2 aliphatic rings. The Balaban J connectivity index is 0.00000132. The number of thioether (sulfide) groups is 1. The number of carbonyl (C=O) groups is 1. The Bertz CT molecular complexity index is 494. The normalized spacial score (nSPS) is 20.4. The predicted molar refractivity (Wildman–Crippen MR) is 97.7 cm³/mol. The van der Waals surface area contributed by atoms with Gasteiger partial charge in [0.25, 0.3) is 0 Å². The SMILES string of the molecule is Cl.Cl.O=C(CC1CSCCN1)NCc1nnc2n1CCCCC2. The number of carbonyl (C=O) groups excluding carboxylic acids is 1. The van der Waals surface area contributed by atoms with Crippen LogP contribution in [0.2, 0.25) is 0 Å². The molecule has 1 amide bonds. The highest BCUT2D eigenvalue weighted by atomic mass is 35.5. The minimum Gasteiger partial charge on any atom is -0.349 e. The molecular weight excluding hydrogens is 357 g/mol. The van der Waals surface area contributed by atoms with Crippen LogP contribution in [-0.4, -0.2) is 44.8 Å². The number of nitrogens with zero attached hydrogens (tertiary/aromatic N) is 3. The minimum atomic E-state index is 0. The third-order valence-electron chi connectivity index (χ3n) is 4.06. The maximum Gasteiger partial charge on any atom is 0.221 e. The maximum atomic E-state index is 12.0. The Kier molecular flexibility index (Phi) is 9.27. The van der Waals surface area contributed by atoms with E-state index in [1.165, 1.54) is 19.3 Å². The topological polar surface area (TPSA) is 71.8 Å². The number of aromatic nitrogens is 3. The molecule has 0 saturated carbocycles. The third-order valence-corrected chi connectivity index (χ3v) is 5.19. The summed E-state index contributed by atoms with van der Waals surface area (Å²) in [7, 11) is 0. The van der Waals surface area contributed by atoms with E-state index in [2.05, 4.69) is 25.4 Å². The second-order valence-corrected chi connectivity index (χ2v) is 6.85. The van der Waals surface area contributed by atoms with Gasteiger partial charge >= 0.3 is 0 Å². The molecule has 1 saturated heterocycles. The van der Waals surface area contributed by atoms with E-state index in [-0.39, 0.29) is 30.7 Å². The molecule has 6 nitrogen and oxygen atoms in total. The van der Waals surface area contributed by atoms with Crippen molar-refractivity contribution in [3.63, 3.8) is 0 Å². The van der Waals surface area contributed by atoms with Crippen LogP contribution in [0.1, 0.15) is 37.3 Å². The van der Waals surface area contributed by atoms with Gasteiger partial charge in [-0.25, -0.2) is 0 Å². The monoisotopic (exact) mass is 381 g/mol. The first-order chi connectivity index (χ1) is 10.3. The van der Waals surface area contributed by atoms with Gasteiger partial charge in [-0.15, -0.1) is 35.0 Å². The molecule has 132 valence electrons. The molecule has 1 aromatic rings. The van der Waals surface area contributed by atoms with Gasteiger partial charge in [0.1, 0.15) is 5.82 Å². The van der Waals surface area contributed by atoms with Crippen molar-refractivity contribution >= 4 is 42.5 Å². The molecule has 2 aliphatic heterocycles. The Morgan fingerprint density at radius 3 is 2.96 bits per heavy atom. The Hall–Kier alpha value is -0.500. The molecule has 23 heavy (non-hydrogen) atoms. The first-order valence-corrected chi connectivity index (χ1v) is 8.97. The van der Waals surface area contributed by atoms with E-state index in [1.807, 2.05) is 11.8 Å². The fraction of sp³-hybridized carbons (Fsp3) is 0.786. The fourth-order valence-electron chi connectivity index (χ4n) is 2.90. The van der Waals surface area contributed by atoms with Crippen molar-refractivity contribution < 1.29 is 4.79 Å². The van der Waals surface area contributed by atoms with Crippen LogP contribution >= 0.6 is 36.6 Å². The van der Waals surface area contributed by atoms with Gasteiger partial charge < -0.3 is 15.2 Å². The fourth-order valence-corrected chi connectivity index (χ4v) is 3.85. The van der Waals surface area contributed by atoms with Crippen molar-refractivity contribution in [3.8, 4) is 0 Å². The molecule has 3 rings (SSSR count). The van der Waals surface area contributed by atoms with E-state index >= 15 is 0 Å². The molecule has 0 aliphatic carbocycles. The number of halogens is 2. The van der Waals surface area contributed by atoms with E-state index in [1.54, 1.807) is 0 Å². The van der Waals surface area contributed by atoms with Crippen molar-refractivity contribution in [3.05, 3.63) is 11.6 Å². The lowest BCUT2D eigenvalue weighted by atomic mass is 10.2. The number of rotatable bonds is 4. The van der Waals surface area contributed by atoms with Crippen LogP contribution in [0.5, 0.6) is 0 Å². The molecule has 1 atom stereocenters. The average molecular weight is 382 g/mol. The molecule has 0 bridgehead atoms. The summed E-state index contributed by atoms with van der Waals surface area (Å²) in [6.07, 6.45) is 5.17. The van der Waals surface area contributed by atoms with Crippen LogP contribution in [0.15, 0.2) is 0 Å². The van der Waals surface area contributed by atoms with E-state index < -0.39 is 0 Å². The van der Waals surface area contributed by atoms with Crippen LogP contribution in [0.3, 0.4) is 0 Å². The van der Waals surface area contributed by atoms with Crippen LogP contribution in [0.25, 0.3) is 0 Å². The summed E-state index contributed by atoms with van der Waals surface area (Å²) < 4.78 is 2.18. The lowest BCUT2D eigenvalue weighted by Gasteiger charge is -2.22. The third kappa shape index (κ3) is 5.81. The first kappa shape index (κ1) is 20.5. The van der Waals surface area contributed by atoms with Crippen molar-refractivity contribution in [1.82, 2.24) is 25.4 Å². The zero-order valence-corrected chi connectivity index (χ0v) is 15.6. The summed E-state index contributed by atoms with van der Waals surface area (Å²) in [6.45, 7) is 2.47. The Morgan fingerprint density at radius 2 is 2.17 bits per heavy atom. The number of amides is 1. The van der Waals surface area contributed by atoms with Crippen LogP contribution < -0.4 is 10.6 Å². The summed E-state index contributed by atoms with van der Waals surface area (Å²) >= 11 is 1.91. The molecule has 3 heterocycles. The number of nitrogens with one attached hydrogen (secondary N) is 2. The van der Waals surface area contributed by atoms with Gasteiger partial charge in [-0.3, -0.25) is 4.79 Å². The van der Waals surface area contributed by atoms with Crippen LogP contribution in [-0.2, 0) is 24.3 Å². The second kappa shape index (κ2) is 10.4. The summed E-state index contributed by atoms with van der Waals surface area (Å²) in [4.78, 5) is 12.0. The van der Waals surface area contributed by atoms with Crippen molar-refractivity contribution in [1.29, 1.82) is 0 Å². The van der Waals surface area contributed by atoms with E-state index in [0.29, 0.717) is 19.0 Å². The van der Waals surface area contributed by atoms with Gasteiger partial charge in [0.2, 0.25) is 5.91 Å². The molecule has 9 heteroatoms. The van der Waals surface area contributed by atoms with Gasteiger partial charge in [-0.1, -0.05) is 6.42 Å². The Morgan fingerprint density at radius 1 is 1.30 bits per heavy atom. The highest BCUT2D eigenvalue weighted by Crippen LogP contribution is 2.14. The van der Waals surface area contributed by atoms with E-state index in [9.17, 15) is 4.79 Å². The molecule has 2 N–H and O–H groups in total. The summed E-state index contributed by atoms with van der Waals surface area (Å²) in [5, 5.41) is 14.9. The second-order valence-electron chi connectivity index (χ2n) is 5.70. The zero-order chi connectivity index (χ0) is 14.5. The highest BCUT2D eigenvalue weighted by Gasteiger charge is 2.18. The smallest absolute Gasteiger partial charge is 0.221 e. The van der Waals surface area contributed by atoms with Crippen LogP contribution in [0.4, 0.5) is 0 Å². The number of hydrogen-bond donors (Lipinski definition) is 2. The van der Waals surface area contributed by atoms with Crippen molar-refractivity contribution in [2.75, 3.05) is 18.1 Å². The minimum absolute atomic E-state index is 0. The number of aryl methyl sites for hydroxylation is 1. The Labute approximate surface area is 153 Å². The molecule has 0 radical (unpaired) electrons. The van der Waals surface area contributed by atoms with E-state index in [4.69, 9.17) is 0 Å². The molecule has 1 fully saturated rings. The zero-order valence-electron chi connectivity index (χ0n) is 13.1. The van der Waals surface area contributed by atoms with Gasteiger partial charge in [0.15, 0.2) is 5.82 Å². The largest absolute Gasteiger partial charge is 0.349 e. The number of hydrogen-bond acceptors (Lipinski definition) is 5. The summed E-state index contributed by atoms with van der Waals surface area (Å²) in [6, 6.07) is 0.305. The van der Waals surface area contributed by atoms with E-state index in [0.717, 1.165) is 42.7 Å². The van der Waals surface area contributed by atoms with Gasteiger partial charge in [-0.2, -0.15) is 11.8 Å². The molecule has 0 aromatic carbocycles. The molecule has 0 spiro atoms. The van der Waals surface area contributed by atoms with Crippen molar-refractivity contribution in [2.24, 2.45) is 0 Å². The lowest BCUT2D eigenvalue weighted by Crippen LogP contribution is -2.41. The van der Waals surface area contributed by atoms with Gasteiger partial charge in [0, 0.05) is 43.5 Å². The number of fused-ring (bicyclic) bond motifs is 1. The summed E-state index contributed by atoms with van der Waals surface area (Å²) in [5.74, 6) is 4.23. The predicted octanol–water partition coefficient (Wildman–Crippen LogP) is 1.56. The average Bonchev–Trinajstić information content (AvgIpc) is 2.73. The molecule has 1 aromatic heterocycles. The van der Waals surface area contributed by atoms with Gasteiger partial charge in [-0.05, 0) is 12.8 Å². The summed E-state index contributed by atoms with van der Waals surface area (Å²) in [5.41, 5.74) is 0. The van der Waals surface area contributed by atoms with Gasteiger partial charge in [0.05, 0.1) is 6.54 Å². The van der Waals surface area contributed by atoms with Crippen molar-refractivity contribution in [2.45, 2.75) is 51.2 Å². The molecule has 1 unspecified atom stereocenters. The quantitative estimate of drug-likeness (QED) is 0.827. The standard InChI is InChI=1S/C14H23N5OS.2ClH/c20-14(8-11-10-21-7-5-15-11)16-9-13-18-17-12-4-2-1-3-6-19(12)13;;/h11,15H,1-10H2,(H,16,20);2*1H. The first-order valence-electron chi connectivity index (χ1n) is 7.82. The molecular formula is C14H25Cl2N5OS. The lowest BCUT2D eigenvalue weighted by molar-refractivity contribution is -0.121.